The predicted molar refractivity (Wildman–Crippen MR) is 311 cm³/mol. The number of benzene rings is 4. The van der Waals surface area contributed by atoms with Crippen molar-refractivity contribution in [1.82, 2.24) is 28.2 Å². The van der Waals surface area contributed by atoms with Crippen molar-refractivity contribution in [2.24, 2.45) is 10.8 Å². The molecule has 4 fully saturated rings. The Labute approximate surface area is 475 Å². The zero-order valence-electron chi connectivity index (χ0n) is 45.2. The van der Waals surface area contributed by atoms with E-state index in [1.807, 2.05) is 35.8 Å². The Balaban J connectivity index is 0.000000194. The number of aryl methyl sites for hydroxylation is 2. The van der Waals surface area contributed by atoms with Crippen molar-refractivity contribution in [2.45, 2.75) is 77.7 Å². The number of hydrogen-bond donors (Lipinski definition) is 1. The number of sulfonamides is 2. The van der Waals surface area contributed by atoms with Crippen molar-refractivity contribution in [3.8, 4) is 22.9 Å². The topological polar surface area (TPSA) is 239 Å². The molecule has 0 atom stereocenters. The van der Waals surface area contributed by atoms with Gasteiger partial charge in [0.2, 0.25) is 31.5 Å². The smallest absolute Gasteiger partial charge is 0.316 e. The molecule has 2 aromatic heterocycles. The molecule has 0 bridgehead atoms. The first-order valence-corrected chi connectivity index (χ1v) is 30.7. The normalized spacial score (nSPS) is 17.1. The zero-order valence-corrected chi connectivity index (χ0v) is 48.4. The molecule has 0 amide bonds. The van der Waals surface area contributed by atoms with Crippen molar-refractivity contribution < 1.29 is 31.2 Å². The molecule has 2 saturated heterocycles. The number of piperazine rings is 2. The molecule has 0 spiro atoms. The van der Waals surface area contributed by atoms with E-state index in [9.17, 15) is 36.5 Å². The molecule has 20 nitrogen and oxygen atoms in total. The van der Waals surface area contributed by atoms with E-state index in [2.05, 4.69) is 24.0 Å². The maximum atomic E-state index is 13.6. The van der Waals surface area contributed by atoms with Gasteiger partial charge < -0.3 is 25.0 Å². The standard InChI is InChI=1S/C28H32ClN5O6S.C28H34ClN5O4S/c1-3-21-8-7-20(15-24(21)34(36)37)18-41(38,39)32-13-11-31(12-14-32)25-17-30-33(23-6-4-5-22(29)16-23)27(35)26(25)40-19-28(2)9-10-28;1-3-21-8-7-20(15-24(21)30)18-39(36,37)33-13-11-32(12-14-33)25-17-31-34(23-6-4-5-22(29)16-23)27(35)26(25)38-19-28(2)9-10-28/h4-8,15-17H,3,9-14,18-19H2,1-2H3;4-8,15-17H,3,9-14,18-19,30H2,1-2H3. The molecule has 4 aromatic carbocycles. The molecule has 4 aliphatic rings. The van der Waals surface area contributed by atoms with Crippen molar-refractivity contribution in [1.29, 1.82) is 0 Å². The summed E-state index contributed by atoms with van der Waals surface area (Å²) < 4.78 is 70.6. The van der Waals surface area contributed by atoms with Crippen LogP contribution in [0, 0.1) is 20.9 Å². The van der Waals surface area contributed by atoms with Crippen molar-refractivity contribution in [3.63, 3.8) is 0 Å². The predicted octanol–water partition coefficient (Wildman–Crippen LogP) is 8.05. The van der Waals surface area contributed by atoms with Gasteiger partial charge in [0.1, 0.15) is 11.4 Å². The highest BCUT2D eigenvalue weighted by atomic mass is 35.5. The third-order valence-corrected chi connectivity index (χ3v) is 19.4. The molecular weight excluding hydrogens is 1110 g/mol. The summed E-state index contributed by atoms with van der Waals surface area (Å²) in [7, 11) is -7.27. The van der Waals surface area contributed by atoms with Crippen LogP contribution in [0.4, 0.5) is 22.7 Å². The number of nitrogen functional groups attached to an aromatic ring is 1. The molecule has 426 valence electrons. The Bertz CT molecular complexity index is 3630. The number of rotatable bonds is 19. The molecule has 6 aromatic rings. The van der Waals surface area contributed by atoms with Crippen LogP contribution in [-0.2, 0) is 44.4 Å². The van der Waals surface area contributed by atoms with Gasteiger partial charge >= 0.3 is 11.1 Å². The SMILES string of the molecule is CCc1ccc(CS(=O)(=O)N2CCN(c3cnn(-c4cccc(Cl)c4)c(=O)c3OCC3(C)CC3)CC2)cc1N.CCc1ccc(CS(=O)(=O)N2CCN(c3cnn(-c4cccc(Cl)c4)c(=O)c3OCC3(C)CC3)CC2)cc1[N+](=O)[O-]. The number of nitrogens with zero attached hydrogens (tertiary/aromatic N) is 9. The summed E-state index contributed by atoms with van der Waals surface area (Å²) in [6.07, 6.45) is 8.63. The maximum Gasteiger partial charge on any atom is 0.316 e. The minimum Gasteiger partial charge on any atom is -0.486 e. The minimum absolute atomic E-state index is 0.0328. The lowest BCUT2D eigenvalue weighted by Crippen LogP contribution is -2.49. The number of nitrogens with two attached hydrogens (primary N) is 1. The van der Waals surface area contributed by atoms with Crippen molar-refractivity contribution in [2.75, 3.05) is 81.1 Å². The van der Waals surface area contributed by atoms with E-state index in [0.29, 0.717) is 114 Å². The molecule has 2 saturated carbocycles. The summed E-state index contributed by atoms with van der Waals surface area (Å²) in [6.45, 7) is 11.3. The van der Waals surface area contributed by atoms with Gasteiger partial charge in [0.15, 0.2) is 0 Å². The van der Waals surface area contributed by atoms with Crippen LogP contribution < -0.4 is 36.1 Å². The van der Waals surface area contributed by atoms with Gasteiger partial charge in [0.05, 0.1) is 53.4 Å². The van der Waals surface area contributed by atoms with E-state index in [0.717, 1.165) is 37.7 Å². The number of nitro groups is 1. The van der Waals surface area contributed by atoms with Crippen LogP contribution in [0.3, 0.4) is 0 Å². The number of nitro benzene ring substituents is 1. The number of aromatic nitrogens is 4. The summed E-state index contributed by atoms with van der Waals surface area (Å²) in [5.74, 6) is -0.0402. The summed E-state index contributed by atoms with van der Waals surface area (Å²) in [4.78, 5) is 42.0. The first-order valence-electron chi connectivity index (χ1n) is 26.7. The van der Waals surface area contributed by atoms with E-state index in [1.54, 1.807) is 79.1 Å². The second kappa shape index (κ2) is 23.9. The van der Waals surface area contributed by atoms with Gasteiger partial charge in [-0.3, -0.25) is 19.7 Å². The fourth-order valence-corrected chi connectivity index (χ4v) is 13.0. The molecule has 2 aliphatic heterocycles. The van der Waals surface area contributed by atoms with Crippen LogP contribution >= 0.6 is 23.2 Å². The quantitative estimate of drug-likeness (QED) is 0.0459. The molecule has 4 heterocycles. The minimum atomic E-state index is -3.73. The highest BCUT2D eigenvalue weighted by molar-refractivity contribution is 7.88. The van der Waals surface area contributed by atoms with Crippen LogP contribution in [0.1, 0.15) is 75.6 Å². The number of ether oxygens (including phenoxy) is 2. The highest BCUT2D eigenvalue weighted by Gasteiger charge is 2.40. The molecule has 2 aliphatic carbocycles. The van der Waals surface area contributed by atoms with Gasteiger partial charge in [0, 0.05) is 90.6 Å². The van der Waals surface area contributed by atoms with Crippen LogP contribution in [0.15, 0.2) is 107 Å². The Morgan fingerprint density at radius 1 is 0.613 bits per heavy atom. The molecule has 0 radical (unpaired) electrons. The zero-order chi connectivity index (χ0) is 57.1. The van der Waals surface area contributed by atoms with E-state index in [1.165, 1.54) is 24.0 Å². The van der Waals surface area contributed by atoms with E-state index < -0.39 is 30.5 Å². The average Bonchev–Trinajstić information content (AvgIpc) is 4.42. The van der Waals surface area contributed by atoms with Gasteiger partial charge in [-0.05, 0) is 97.7 Å². The summed E-state index contributed by atoms with van der Waals surface area (Å²) >= 11 is 12.3. The number of hydrogen-bond acceptors (Lipinski definition) is 15. The van der Waals surface area contributed by atoms with E-state index in [-0.39, 0.29) is 58.2 Å². The summed E-state index contributed by atoms with van der Waals surface area (Å²) in [6, 6.07) is 23.8. The molecule has 2 N–H and O–H groups in total. The highest BCUT2D eigenvalue weighted by Crippen LogP contribution is 2.46. The Kier molecular flexibility index (Phi) is 17.3. The lowest BCUT2D eigenvalue weighted by atomic mass is 10.1. The van der Waals surface area contributed by atoms with Crippen LogP contribution in [0.25, 0.3) is 11.4 Å². The fraction of sp³-hybridized carbons (Fsp3) is 0.429. The lowest BCUT2D eigenvalue weighted by molar-refractivity contribution is -0.385. The van der Waals surface area contributed by atoms with E-state index in [4.69, 9.17) is 38.4 Å². The molecule has 24 heteroatoms. The van der Waals surface area contributed by atoms with Gasteiger partial charge in [-0.1, -0.05) is 87.3 Å². The van der Waals surface area contributed by atoms with Crippen molar-refractivity contribution in [3.05, 3.63) is 160 Å². The maximum absolute atomic E-state index is 13.6. The summed E-state index contributed by atoms with van der Waals surface area (Å²) in [5.41, 5.74) is 10.7. The molecule has 0 unspecified atom stereocenters. The van der Waals surface area contributed by atoms with Gasteiger partial charge in [0.25, 0.3) is 5.69 Å². The molecule has 80 heavy (non-hydrogen) atoms. The third-order valence-electron chi connectivity index (χ3n) is 15.2. The second-order valence-electron chi connectivity index (χ2n) is 21.6. The Morgan fingerprint density at radius 3 is 1.40 bits per heavy atom. The van der Waals surface area contributed by atoms with Crippen LogP contribution in [0.2, 0.25) is 10.0 Å². The first kappa shape index (κ1) is 58.1. The van der Waals surface area contributed by atoms with Crippen molar-refractivity contribution >= 4 is 66.0 Å². The lowest BCUT2D eigenvalue weighted by Gasteiger charge is -2.35. The van der Waals surface area contributed by atoms with E-state index >= 15 is 0 Å². The Morgan fingerprint density at radius 2 is 1.02 bits per heavy atom. The van der Waals surface area contributed by atoms with Crippen LogP contribution in [-0.4, -0.2) is 116 Å². The molecule has 10 rings (SSSR count). The Hall–Kier alpha value is -6.56. The van der Waals surface area contributed by atoms with Gasteiger partial charge in [-0.25, -0.2) is 16.8 Å². The second-order valence-corrected chi connectivity index (χ2v) is 26.4. The van der Waals surface area contributed by atoms with Gasteiger partial charge in [-0.15, -0.1) is 0 Å². The first-order chi connectivity index (χ1) is 38.1. The fourth-order valence-electron chi connectivity index (χ4n) is 9.61. The average molecular weight is 1170 g/mol. The number of anilines is 3. The van der Waals surface area contributed by atoms with Crippen LogP contribution in [0.5, 0.6) is 11.5 Å². The van der Waals surface area contributed by atoms with Gasteiger partial charge in [-0.2, -0.15) is 28.2 Å². The third kappa shape index (κ3) is 13.6. The largest absolute Gasteiger partial charge is 0.486 e. The number of halogens is 2. The summed E-state index contributed by atoms with van der Waals surface area (Å²) in [5, 5.41) is 21.2. The molecular formula is C56H66Cl2N10O10S2. The monoisotopic (exact) mass is 1170 g/mol.